The molecule has 0 aliphatic heterocycles. The third-order valence-electron chi connectivity index (χ3n) is 3.77. The van der Waals surface area contributed by atoms with Gasteiger partial charge in [-0.25, -0.2) is 4.79 Å². The lowest BCUT2D eigenvalue weighted by molar-refractivity contribution is -0.142. The number of hydrogen-bond acceptors (Lipinski definition) is 7. The largest absolute Gasteiger partial charge is 0.469 e. The second-order valence-corrected chi connectivity index (χ2v) is 6.29. The average Bonchev–Trinajstić information content (AvgIpc) is 3.10. The molecule has 23 heavy (non-hydrogen) atoms. The van der Waals surface area contributed by atoms with E-state index in [1.54, 1.807) is 0 Å². The number of anilines is 1. The van der Waals surface area contributed by atoms with Gasteiger partial charge in [0.2, 0.25) is 5.91 Å². The minimum absolute atomic E-state index is 0.213. The van der Waals surface area contributed by atoms with Crippen molar-refractivity contribution in [2.24, 2.45) is 5.73 Å². The van der Waals surface area contributed by atoms with Crippen LogP contribution < -0.4 is 11.1 Å². The fraction of sp³-hybridized carbons (Fsp3) is 0.533. The SMILES string of the molecule is COC(=O)c1c(NC(=O)CCCN)sc2c1C(C(=O)OC)CC2. The number of esters is 2. The van der Waals surface area contributed by atoms with Crippen LogP contribution in [0, 0.1) is 0 Å². The van der Waals surface area contributed by atoms with E-state index < -0.39 is 11.9 Å². The van der Waals surface area contributed by atoms with E-state index in [2.05, 4.69) is 5.32 Å². The van der Waals surface area contributed by atoms with E-state index in [0.29, 0.717) is 36.4 Å². The summed E-state index contributed by atoms with van der Waals surface area (Å²) in [6.45, 7) is 0.419. The Morgan fingerprint density at radius 3 is 2.65 bits per heavy atom. The molecule has 0 radical (unpaired) electrons. The smallest absolute Gasteiger partial charge is 0.341 e. The molecular formula is C15H20N2O5S. The van der Waals surface area contributed by atoms with Gasteiger partial charge in [0.15, 0.2) is 0 Å². The van der Waals surface area contributed by atoms with Gasteiger partial charge in [-0.2, -0.15) is 0 Å². The van der Waals surface area contributed by atoms with Crippen molar-refractivity contribution in [2.75, 3.05) is 26.1 Å². The molecule has 0 bridgehead atoms. The zero-order valence-corrected chi connectivity index (χ0v) is 14.0. The summed E-state index contributed by atoms with van der Waals surface area (Å²) < 4.78 is 9.64. The van der Waals surface area contributed by atoms with Crippen LogP contribution >= 0.6 is 11.3 Å². The van der Waals surface area contributed by atoms with E-state index in [0.717, 1.165) is 4.88 Å². The molecular weight excluding hydrogens is 320 g/mol. The molecule has 1 aliphatic rings. The van der Waals surface area contributed by atoms with Crippen molar-refractivity contribution in [1.82, 2.24) is 0 Å². The molecule has 1 amide bonds. The minimum atomic E-state index is -0.563. The summed E-state index contributed by atoms with van der Waals surface area (Å²) in [7, 11) is 2.59. The molecule has 2 rings (SSSR count). The van der Waals surface area contributed by atoms with Gasteiger partial charge >= 0.3 is 11.9 Å². The van der Waals surface area contributed by atoms with Gasteiger partial charge in [-0.3, -0.25) is 9.59 Å². The fourth-order valence-electron chi connectivity index (χ4n) is 2.69. The highest BCUT2D eigenvalue weighted by molar-refractivity contribution is 7.17. The standard InChI is InChI=1S/C15H20N2O5S/c1-21-14(19)8-5-6-9-11(8)12(15(20)22-2)13(23-9)17-10(18)4-3-7-16/h8H,3-7,16H2,1-2H3,(H,17,18). The normalized spacial score (nSPS) is 15.9. The van der Waals surface area contributed by atoms with E-state index in [9.17, 15) is 14.4 Å². The Bertz CT molecular complexity index is 626. The Hall–Kier alpha value is -1.93. The number of nitrogens with two attached hydrogens (primary N) is 1. The number of nitrogens with one attached hydrogen (secondary N) is 1. The number of methoxy groups -OCH3 is 2. The number of hydrogen-bond donors (Lipinski definition) is 2. The molecule has 126 valence electrons. The number of ether oxygens (including phenoxy) is 2. The number of amides is 1. The summed E-state index contributed by atoms with van der Waals surface area (Å²) >= 11 is 1.31. The van der Waals surface area contributed by atoms with E-state index in [1.807, 2.05) is 0 Å². The van der Waals surface area contributed by atoms with Crippen LogP contribution in [-0.2, 0) is 25.5 Å². The molecule has 0 saturated heterocycles. The Morgan fingerprint density at radius 1 is 1.30 bits per heavy atom. The van der Waals surface area contributed by atoms with Crippen molar-refractivity contribution in [1.29, 1.82) is 0 Å². The van der Waals surface area contributed by atoms with Crippen LogP contribution in [0.5, 0.6) is 0 Å². The second-order valence-electron chi connectivity index (χ2n) is 5.19. The van der Waals surface area contributed by atoms with E-state index >= 15 is 0 Å². The zero-order chi connectivity index (χ0) is 17.0. The van der Waals surface area contributed by atoms with Gasteiger partial charge in [0.25, 0.3) is 0 Å². The molecule has 0 fully saturated rings. The Balaban J connectivity index is 2.36. The van der Waals surface area contributed by atoms with Gasteiger partial charge in [-0.1, -0.05) is 0 Å². The number of carbonyl (C=O) groups is 3. The molecule has 8 heteroatoms. The van der Waals surface area contributed by atoms with E-state index in [4.69, 9.17) is 15.2 Å². The molecule has 0 spiro atoms. The monoisotopic (exact) mass is 340 g/mol. The molecule has 0 aromatic carbocycles. The maximum atomic E-state index is 12.2. The summed E-state index contributed by atoms with van der Waals surface area (Å²) in [6.07, 6.45) is 2.11. The summed E-state index contributed by atoms with van der Waals surface area (Å²) in [4.78, 5) is 37.0. The lowest BCUT2D eigenvalue weighted by Gasteiger charge is -2.11. The van der Waals surface area contributed by atoms with Gasteiger partial charge in [0.1, 0.15) is 5.00 Å². The Morgan fingerprint density at radius 2 is 2.04 bits per heavy atom. The van der Waals surface area contributed by atoms with Crippen molar-refractivity contribution in [3.8, 4) is 0 Å². The second kappa shape index (κ2) is 7.56. The fourth-order valence-corrected chi connectivity index (χ4v) is 3.97. The first kappa shape index (κ1) is 17.4. The first-order valence-electron chi connectivity index (χ1n) is 7.35. The highest BCUT2D eigenvalue weighted by Crippen LogP contribution is 2.45. The van der Waals surface area contributed by atoms with Crippen molar-refractivity contribution >= 4 is 34.2 Å². The lowest BCUT2D eigenvalue weighted by atomic mass is 9.99. The van der Waals surface area contributed by atoms with Gasteiger partial charge in [-0.15, -0.1) is 11.3 Å². The molecule has 7 nitrogen and oxygen atoms in total. The van der Waals surface area contributed by atoms with Crippen LogP contribution in [-0.4, -0.2) is 38.6 Å². The van der Waals surface area contributed by atoms with Crippen molar-refractivity contribution in [2.45, 2.75) is 31.6 Å². The maximum Gasteiger partial charge on any atom is 0.341 e. The zero-order valence-electron chi connectivity index (χ0n) is 13.1. The quantitative estimate of drug-likeness (QED) is 0.758. The van der Waals surface area contributed by atoms with Crippen molar-refractivity contribution < 1.29 is 23.9 Å². The highest BCUT2D eigenvalue weighted by Gasteiger charge is 2.38. The van der Waals surface area contributed by atoms with Crippen LogP contribution in [0.15, 0.2) is 0 Å². The molecule has 1 aliphatic carbocycles. The van der Waals surface area contributed by atoms with Crippen LogP contribution in [0.2, 0.25) is 0 Å². The molecule has 0 saturated carbocycles. The third kappa shape index (κ3) is 3.53. The van der Waals surface area contributed by atoms with Gasteiger partial charge in [0, 0.05) is 11.3 Å². The first-order chi connectivity index (χ1) is 11.0. The highest BCUT2D eigenvalue weighted by atomic mass is 32.1. The van der Waals surface area contributed by atoms with Crippen LogP contribution in [0.4, 0.5) is 5.00 Å². The molecule has 1 unspecified atom stereocenters. The molecule has 1 atom stereocenters. The summed E-state index contributed by atoms with van der Waals surface area (Å²) in [5.41, 5.74) is 6.29. The van der Waals surface area contributed by atoms with Crippen LogP contribution in [0.25, 0.3) is 0 Å². The van der Waals surface area contributed by atoms with Gasteiger partial charge < -0.3 is 20.5 Å². The Labute approximate surface area is 138 Å². The number of thiophene rings is 1. The van der Waals surface area contributed by atoms with E-state index in [1.165, 1.54) is 25.6 Å². The summed E-state index contributed by atoms with van der Waals surface area (Å²) in [5.74, 6) is -1.65. The summed E-state index contributed by atoms with van der Waals surface area (Å²) in [5, 5.41) is 3.17. The Kier molecular flexibility index (Phi) is 5.73. The number of aryl methyl sites for hydroxylation is 1. The number of carbonyl (C=O) groups excluding carboxylic acids is 3. The molecule has 1 heterocycles. The maximum absolute atomic E-state index is 12.2. The lowest BCUT2D eigenvalue weighted by Crippen LogP contribution is -2.18. The van der Waals surface area contributed by atoms with Crippen molar-refractivity contribution in [3.63, 3.8) is 0 Å². The topological polar surface area (TPSA) is 108 Å². The van der Waals surface area contributed by atoms with Gasteiger partial charge in [0.05, 0.1) is 25.7 Å². The molecule has 1 aromatic heterocycles. The van der Waals surface area contributed by atoms with Gasteiger partial charge in [-0.05, 0) is 31.4 Å². The predicted molar refractivity (Wildman–Crippen MR) is 85.7 cm³/mol. The average molecular weight is 340 g/mol. The third-order valence-corrected chi connectivity index (χ3v) is 4.95. The summed E-state index contributed by atoms with van der Waals surface area (Å²) in [6, 6.07) is 0. The van der Waals surface area contributed by atoms with E-state index in [-0.39, 0.29) is 23.9 Å². The molecule has 3 N–H and O–H groups in total. The van der Waals surface area contributed by atoms with Crippen molar-refractivity contribution in [3.05, 3.63) is 16.0 Å². The first-order valence-corrected chi connectivity index (χ1v) is 8.16. The van der Waals surface area contributed by atoms with Crippen LogP contribution in [0.1, 0.15) is 46.0 Å². The molecule has 1 aromatic rings. The number of fused-ring (bicyclic) bond motifs is 1. The minimum Gasteiger partial charge on any atom is -0.469 e. The predicted octanol–water partition coefficient (Wildman–Crippen LogP) is 1.41. The number of rotatable bonds is 6. The van der Waals surface area contributed by atoms with Crippen LogP contribution in [0.3, 0.4) is 0 Å².